The molecule has 0 aliphatic carbocycles. The van der Waals surface area contributed by atoms with Gasteiger partial charge in [0, 0.05) is 5.56 Å². The Bertz CT molecular complexity index is 1190. The van der Waals surface area contributed by atoms with Gasteiger partial charge < -0.3 is 4.42 Å². The van der Waals surface area contributed by atoms with E-state index in [1.807, 2.05) is 0 Å². The number of aryl methyl sites for hydroxylation is 1. The lowest BCUT2D eigenvalue weighted by Gasteiger charge is -2.08. The highest BCUT2D eigenvalue weighted by molar-refractivity contribution is 7.99. The fraction of sp³-hybridized carbons (Fsp3) is 0.188. The number of fused-ring (bicyclic) bond motifs is 1. The first kappa shape index (κ1) is 18.7. The Hall–Kier alpha value is -2.66. The summed E-state index contributed by atoms with van der Waals surface area (Å²) in [6.07, 6.45) is -4.68. The maximum absolute atomic E-state index is 13.1. The molecular weight excluding hydrogens is 417 g/mol. The average Bonchev–Trinajstić information content (AvgIpc) is 3.26. The molecule has 28 heavy (non-hydrogen) atoms. The van der Waals surface area contributed by atoms with Crippen molar-refractivity contribution in [2.75, 3.05) is 0 Å². The van der Waals surface area contributed by atoms with E-state index in [-0.39, 0.29) is 21.8 Å². The number of alkyl halides is 3. The zero-order valence-corrected chi connectivity index (χ0v) is 15.9. The minimum atomic E-state index is -4.68. The molecular formula is C16H10ClF3N6OS. The van der Waals surface area contributed by atoms with Crippen LogP contribution in [-0.2, 0) is 6.18 Å². The second-order valence-electron chi connectivity index (χ2n) is 5.77. The molecule has 4 aromatic rings. The molecule has 3 aromatic heterocycles. The number of benzene rings is 1. The monoisotopic (exact) mass is 426 g/mol. The second-order valence-corrected chi connectivity index (χ2v) is 7.11. The fourth-order valence-corrected chi connectivity index (χ4v) is 3.47. The highest BCUT2D eigenvalue weighted by Crippen LogP contribution is 2.35. The van der Waals surface area contributed by atoms with Gasteiger partial charge in [0.1, 0.15) is 5.03 Å². The van der Waals surface area contributed by atoms with Crippen molar-refractivity contribution in [2.45, 2.75) is 30.3 Å². The number of hydrogen-bond donors (Lipinski definition) is 0. The molecule has 0 amide bonds. The summed E-state index contributed by atoms with van der Waals surface area (Å²) in [6, 6.07) is 6.94. The van der Waals surface area contributed by atoms with Gasteiger partial charge in [-0.3, -0.25) is 0 Å². The second kappa shape index (κ2) is 6.74. The summed E-state index contributed by atoms with van der Waals surface area (Å²) in [4.78, 5) is 0. The van der Waals surface area contributed by atoms with Crippen molar-refractivity contribution in [3.63, 3.8) is 0 Å². The molecule has 4 rings (SSSR count). The van der Waals surface area contributed by atoms with Gasteiger partial charge >= 0.3 is 6.18 Å². The minimum absolute atomic E-state index is 0.0384. The van der Waals surface area contributed by atoms with Crippen LogP contribution in [0.15, 0.2) is 38.9 Å². The molecule has 0 aliphatic rings. The largest absolute Gasteiger partial charge is 0.453 e. The minimum Gasteiger partial charge on any atom is -0.411 e. The average molecular weight is 427 g/mol. The van der Waals surface area contributed by atoms with Crippen molar-refractivity contribution in [2.24, 2.45) is 0 Å². The predicted molar refractivity (Wildman–Crippen MR) is 94.1 cm³/mol. The van der Waals surface area contributed by atoms with Crippen LogP contribution in [0, 0.1) is 13.8 Å². The predicted octanol–water partition coefficient (Wildman–Crippen LogP) is 4.61. The summed E-state index contributed by atoms with van der Waals surface area (Å²) < 4.78 is 45.7. The fourth-order valence-electron chi connectivity index (χ4n) is 2.45. The van der Waals surface area contributed by atoms with Gasteiger partial charge in [-0.1, -0.05) is 23.7 Å². The van der Waals surface area contributed by atoms with E-state index in [1.165, 1.54) is 0 Å². The molecule has 0 unspecified atom stereocenters. The number of nitrogens with zero attached hydrogens (tertiary/aromatic N) is 6. The quantitative estimate of drug-likeness (QED) is 0.473. The van der Waals surface area contributed by atoms with Crippen LogP contribution >= 0.6 is 23.4 Å². The smallest absolute Gasteiger partial charge is 0.411 e. The first-order valence-corrected chi connectivity index (χ1v) is 9.01. The van der Waals surface area contributed by atoms with E-state index >= 15 is 0 Å². The lowest BCUT2D eigenvalue weighted by atomic mass is 10.2. The van der Waals surface area contributed by atoms with Crippen molar-refractivity contribution in [3.8, 4) is 11.5 Å². The van der Waals surface area contributed by atoms with Crippen LogP contribution in [0.2, 0.25) is 5.02 Å². The Morgan fingerprint density at radius 3 is 2.50 bits per heavy atom. The van der Waals surface area contributed by atoms with Crippen LogP contribution < -0.4 is 0 Å². The Labute approximate surface area is 164 Å². The van der Waals surface area contributed by atoms with E-state index in [2.05, 4.69) is 25.5 Å². The van der Waals surface area contributed by atoms with E-state index in [1.54, 1.807) is 38.1 Å². The highest BCUT2D eigenvalue weighted by Gasteiger charge is 2.38. The van der Waals surface area contributed by atoms with Gasteiger partial charge in [0.05, 0.1) is 10.6 Å². The van der Waals surface area contributed by atoms with Crippen LogP contribution in [0.5, 0.6) is 0 Å². The molecule has 12 heteroatoms. The molecule has 0 saturated carbocycles. The third-order valence-electron chi connectivity index (χ3n) is 4.00. The van der Waals surface area contributed by atoms with Gasteiger partial charge in [-0.25, -0.2) is 0 Å². The van der Waals surface area contributed by atoms with Crippen molar-refractivity contribution in [3.05, 3.63) is 46.2 Å². The third kappa shape index (κ3) is 3.20. The number of halogens is 4. The molecule has 1 aromatic carbocycles. The lowest BCUT2D eigenvalue weighted by molar-refractivity contribution is -0.146. The van der Waals surface area contributed by atoms with Crippen molar-refractivity contribution in [1.82, 2.24) is 30.0 Å². The maximum Gasteiger partial charge on any atom is 0.453 e. The van der Waals surface area contributed by atoms with E-state index in [9.17, 15) is 13.2 Å². The highest BCUT2D eigenvalue weighted by atomic mass is 35.5. The Balaban J connectivity index is 1.74. The summed E-state index contributed by atoms with van der Waals surface area (Å²) in [7, 11) is 0. The zero-order valence-electron chi connectivity index (χ0n) is 14.3. The molecule has 144 valence electrons. The van der Waals surface area contributed by atoms with Crippen LogP contribution in [0.1, 0.15) is 17.0 Å². The van der Waals surface area contributed by atoms with Gasteiger partial charge in [-0.05, 0) is 43.3 Å². The van der Waals surface area contributed by atoms with E-state index < -0.39 is 12.0 Å². The van der Waals surface area contributed by atoms with Crippen molar-refractivity contribution in [1.29, 1.82) is 0 Å². The third-order valence-corrected chi connectivity index (χ3v) is 5.25. The van der Waals surface area contributed by atoms with Gasteiger partial charge in [0.2, 0.25) is 5.89 Å². The molecule has 0 spiro atoms. The van der Waals surface area contributed by atoms with Gasteiger partial charge in [0.25, 0.3) is 11.0 Å². The molecule has 3 heterocycles. The van der Waals surface area contributed by atoms with Crippen LogP contribution in [-0.4, -0.2) is 30.0 Å². The molecule has 7 nitrogen and oxygen atoms in total. The van der Waals surface area contributed by atoms with Gasteiger partial charge in [-0.15, -0.1) is 20.4 Å². The molecule has 0 atom stereocenters. The van der Waals surface area contributed by atoms with Crippen molar-refractivity contribution >= 4 is 29.0 Å². The molecule has 0 bridgehead atoms. The lowest BCUT2D eigenvalue weighted by Crippen LogP contribution is -2.13. The maximum atomic E-state index is 13.1. The summed E-state index contributed by atoms with van der Waals surface area (Å²) in [5, 5.41) is 19.6. The van der Waals surface area contributed by atoms with Crippen LogP contribution in [0.3, 0.4) is 0 Å². The number of rotatable bonds is 3. The van der Waals surface area contributed by atoms with E-state index in [0.29, 0.717) is 26.2 Å². The number of aromatic nitrogens is 6. The Morgan fingerprint density at radius 1 is 1.04 bits per heavy atom. The standard InChI is InChI=1S/C16H10ClF3N6OS/c1-7-8(2)13(25-26-11(7)21-23-14(26)16(18,19)20)28-15-24-22-12(27-15)9-5-3-4-6-10(9)17/h3-6H,1-2H3. The zero-order chi connectivity index (χ0) is 20.1. The summed E-state index contributed by atoms with van der Waals surface area (Å²) in [6.45, 7) is 3.37. The van der Waals surface area contributed by atoms with Gasteiger partial charge in [-0.2, -0.15) is 22.8 Å². The summed E-state index contributed by atoms with van der Waals surface area (Å²) in [5.74, 6) is -1.00. The first-order chi connectivity index (χ1) is 13.3. The number of hydrogen-bond acceptors (Lipinski definition) is 7. The van der Waals surface area contributed by atoms with E-state index in [0.717, 1.165) is 11.8 Å². The van der Waals surface area contributed by atoms with E-state index in [4.69, 9.17) is 16.0 Å². The Morgan fingerprint density at radius 2 is 1.79 bits per heavy atom. The van der Waals surface area contributed by atoms with Crippen LogP contribution in [0.25, 0.3) is 17.1 Å². The molecule has 0 radical (unpaired) electrons. The topological polar surface area (TPSA) is 82.0 Å². The summed E-state index contributed by atoms with van der Waals surface area (Å²) >= 11 is 7.07. The molecule has 0 aliphatic heterocycles. The molecule has 0 N–H and O–H groups in total. The van der Waals surface area contributed by atoms with Crippen molar-refractivity contribution < 1.29 is 17.6 Å². The van der Waals surface area contributed by atoms with Crippen LogP contribution in [0.4, 0.5) is 13.2 Å². The SMILES string of the molecule is Cc1c(Sc2nnc(-c3ccccc3Cl)o2)nn2c(C(F)(F)F)nnc2c1C. The first-order valence-electron chi connectivity index (χ1n) is 7.82. The normalized spacial score (nSPS) is 12.1. The molecule has 0 saturated heterocycles. The van der Waals surface area contributed by atoms with Gasteiger partial charge in [0.15, 0.2) is 5.65 Å². The summed E-state index contributed by atoms with van der Waals surface area (Å²) in [5.41, 5.74) is 1.75. The molecule has 0 fully saturated rings. The Kier molecular flexibility index (Phi) is 4.50.